The van der Waals surface area contributed by atoms with Crippen LogP contribution in [-0.4, -0.2) is 20.3 Å². The summed E-state index contributed by atoms with van der Waals surface area (Å²) in [4.78, 5) is 0. The van der Waals surface area contributed by atoms with E-state index in [4.69, 9.17) is 15.2 Å². The molecule has 0 aromatic heterocycles. The van der Waals surface area contributed by atoms with Gasteiger partial charge in [0.15, 0.2) is 0 Å². The number of rotatable bonds is 6. The Labute approximate surface area is 97.6 Å². The molecule has 1 aromatic carbocycles. The maximum absolute atomic E-state index is 6.03. The van der Waals surface area contributed by atoms with Crippen molar-refractivity contribution in [1.29, 1.82) is 0 Å². The number of ether oxygens (including phenoxy) is 2. The van der Waals surface area contributed by atoms with Crippen LogP contribution in [0, 0.1) is 6.92 Å². The molecule has 0 spiro atoms. The van der Waals surface area contributed by atoms with Crippen LogP contribution in [-0.2, 0) is 4.74 Å². The molecular formula is C13H21NO2. The maximum atomic E-state index is 6.03. The number of hydrogen-bond donors (Lipinski definition) is 1. The van der Waals surface area contributed by atoms with E-state index in [0.29, 0.717) is 6.61 Å². The van der Waals surface area contributed by atoms with Gasteiger partial charge in [0.1, 0.15) is 5.75 Å². The first-order valence-corrected chi connectivity index (χ1v) is 5.67. The Balaban J connectivity index is 2.64. The minimum atomic E-state index is -0.0824. The molecule has 1 unspecified atom stereocenters. The van der Waals surface area contributed by atoms with Crippen molar-refractivity contribution in [3.8, 4) is 5.75 Å². The number of nitrogens with two attached hydrogens (primary N) is 1. The lowest BCUT2D eigenvalue weighted by Gasteiger charge is -2.14. The van der Waals surface area contributed by atoms with Gasteiger partial charge in [-0.05, 0) is 30.5 Å². The Hall–Kier alpha value is -1.06. The van der Waals surface area contributed by atoms with Gasteiger partial charge in [-0.25, -0.2) is 0 Å². The third kappa shape index (κ3) is 3.51. The summed E-state index contributed by atoms with van der Waals surface area (Å²) in [6.45, 7) is 5.42. The highest BCUT2D eigenvalue weighted by Crippen LogP contribution is 2.22. The van der Waals surface area contributed by atoms with E-state index in [0.717, 1.165) is 29.9 Å². The van der Waals surface area contributed by atoms with Crippen LogP contribution in [0.25, 0.3) is 0 Å². The largest absolute Gasteiger partial charge is 0.496 e. The van der Waals surface area contributed by atoms with Crippen LogP contribution in [0.3, 0.4) is 0 Å². The van der Waals surface area contributed by atoms with Crippen molar-refractivity contribution in [2.45, 2.75) is 26.3 Å². The average Bonchev–Trinajstić information content (AvgIpc) is 2.30. The molecule has 0 aliphatic rings. The lowest BCUT2D eigenvalue weighted by molar-refractivity contribution is 0.121. The number of benzene rings is 1. The van der Waals surface area contributed by atoms with E-state index in [-0.39, 0.29) is 6.04 Å². The summed E-state index contributed by atoms with van der Waals surface area (Å²) in [5.41, 5.74) is 8.20. The fourth-order valence-electron chi connectivity index (χ4n) is 1.52. The van der Waals surface area contributed by atoms with Crippen LogP contribution in [0.15, 0.2) is 18.2 Å². The summed E-state index contributed by atoms with van der Waals surface area (Å²) >= 11 is 0. The lowest BCUT2D eigenvalue weighted by atomic mass is 10.1. The second-order valence-corrected chi connectivity index (χ2v) is 3.91. The molecule has 0 radical (unpaired) electrons. The Kier molecular flexibility index (Phi) is 5.29. The van der Waals surface area contributed by atoms with Crippen LogP contribution >= 0.6 is 0 Å². The zero-order valence-corrected chi connectivity index (χ0v) is 10.3. The standard InChI is InChI=1S/C13H21NO2/c1-4-7-16-9-12(14)11-6-5-10(2)13(8-11)15-3/h5-6,8,12H,4,7,9,14H2,1-3H3. The summed E-state index contributed by atoms with van der Waals surface area (Å²) in [5.74, 6) is 0.878. The molecule has 0 heterocycles. The SMILES string of the molecule is CCCOCC(N)c1ccc(C)c(OC)c1. The summed E-state index contributed by atoms with van der Waals surface area (Å²) in [6.07, 6.45) is 1.02. The van der Waals surface area contributed by atoms with Crippen molar-refractivity contribution in [2.24, 2.45) is 5.73 Å². The summed E-state index contributed by atoms with van der Waals surface area (Å²) < 4.78 is 10.7. The van der Waals surface area contributed by atoms with Crippen molar-refractivity contribution in [3.05, 3.63) is 29.3 Å². The van der Waals surface area contributed by atoms with Crippen molar-refractivity contribution in [1.82, 2.24) is 0 Å². The van der Waals surface area contributed by atoms with E-state index in [9.17, 15) is 0 Å². The molecule has 1 aromatic rings. The quantitative estimate of drug-likeness (QED) is 0.753. The summed E-state index contributed by atoms with van der Waals surface area (Å²) in [6, 6.07) is 5.95. The molecule has 2 N–H and O–H groups in total. The molecular weight excluding hydrogens is 202 g/mol. The molecule has 0 fully saturated rings. The molecule has 1 atom stereocenters. The second-order valence-electron chi connectivity index (χ2n) is 3.91. The van der Waals surface area contributed by atoms with Crippen molar-refractivity contribution in [2.75, 3.05) is 20.3 Å². The lowest BCUT2D eigenvalue weighted by Crippen LogP contribution is -2.17. The fourth-order valence-corrected chi connectivity index (χ4v) is 1.52. The van der Waals surface area contributed by atoms with E-state index in [1.807, 2.05) is 25.1 Å². The van der Waals surface area contributed by atoms with Crippen molar-refractivity contribution < 1.29 is 9.47 Å². The van der Waals surface area contributed by atoms with Crippen LogP contribution in [0.5, 0.6) is 5.75 Å². The van der Waals surface area contributed by atoms with Crippen LogP contribution in [0.1, 0.15) is 30.5 Å². The highest BCUT2D eigenvalue weighted by molar-refractivity contribution is 5.37. The molecule has 0 amide bonds. The van der Waals surface area contributed by atoms with E-state index in [1.165, 1.54) is 0 Å². The van der Waals surface area contributed by atoms with E-state index in [2.05, 4.69) is 6.92 Å². The van der Waals surface area contributed by atoms with E-state index < -0.39 is 0 Å². The molecule has 0 saturated carbocycles. The Morgan fingerprint density at radius 3 is 2.75 bits per heavy atom. The van der Waals surface area contributed by atoms with Crippen molar-refractivity contribution in [3.63, 3.8) is 0 Å². The Bertz CT molecular complexity index is 326. The van der Waals surface area contributed by atoms with Crippen LogP contribution in [0.4, 0.5) is 0 Å². The first-order chi connectivity index (χ1) is 7.69. The molecule has 90 valence electrons. The number of methoxy groups -OCH3 is 1. The molecule has 0 aliphatic carbocycles. The molecule has 0 bridgehead atoms. The van der Waals surface area contributed by atoms with Gasteiger partial charge < -0.3 is 15.2 Å². The minimum absolute atomic E-state index is 0.0824. The molecule has 0 saturated heterocycles. The molecule has 16 heavy (non-hydrogen) atoms. The van der Waals surface area contributed by atoms with Gasteiger partial charge in [0.2, 0.25) is 0 Å². The average molecular weight is 223 g/mol. The normalized spacial score (nSPS) is 12.5. The van der Waals surface area contributed by atoms with Gasteiger partial charge in [-0.3, -0.25) is 0 Å². The zero-order valence-electron chi connectivity index (χ0n) is 10.3. The third-order valence-electron chi connectivity index (χ3n) is 2.51. The molecule has 0 aliphatic heterocycles. The van der Waals surface area contributed by atoms with Gasteiger partial charge in [0, 0.05) is 6.61 Å². The Morgan fingerprint density at radius 2 is 2.12 bits per heavy atom. The van der Waals surface area contributed by atoms with Crippen molar-refractivity contribution >= 4 is 0 Å². The van der Waals surface area contributed by atoms with Gasteiger partial charge in [-0.15, -0.1) is 0 Å². The number of hydrogen-bond acceptors (Lipinski definition) is 3. The zero-order chi connectivity index (χ0) is 12.0. The van der Waals surface area contributed by atoms with Crippen LogP contribution < -0.4 is 10.5 Å². The van der Waals surface area contributed by atoms with E-state index >= 15 is 0 Å². The highest BCUT2D eigenvalue weighted by Gasteiger charge is 2.08. The van der Waals surface area contributed by atoms with Crippen LogP contribution in [0.2, 0.25) is 0 Å². The minimum Gasteiger partial charge on any atom is -0.496 e. The first kappa shape index (κ1) is 13.0. The highest BCUT2D eigenvalue weighted by atomic mass is 16.5. The maximum Gasteiger partial charge on any atom is 0.122 e. The Morgan fingerprint density at radius 1 is 1.38 bits per heavy atom. The smallest absolute Gasteiger partial charge is 0.122 e. The topological polar surface area (TPSA) is 44.5 Å². The van der Waals surface area contributed by atoms with E-state index in [1.54, 1.807) is 7.11 Å². The monoisotopic (exact) mass is 223 g/mol. The summed E-state index contributed by atoms with van der Waals surface area (Å²) in [5, 5.41) is 0. The molecule has 3 nitrogen and oxygen atoms in total. The summed E-state index contributed by atoms with van der Waals surface area (Å²) in [7, 11) is 1.67. The predicted molar refractivity (Wildman–Crippen MR) is 65.8 cm³/mol. The van der Waals surface area contributed by atoms with Gasteiger partial charge in [0.25, 0.3) is 0 Å². The third-order valence-corrected chi connectivity index (χ3v) is 2.51. The molecule has 1 rings (SSSR count). The van der Waals surface area contributed by atoms with Gasteiger partial charge in [-0.1, -0.05) is 19.1 Å². The molecule has 3 heteroatoms. The fraction of sp³-hybridized carbons (Fsp3) is 0.538. The van der Waals surface area contributed by atoms with Gasteiger partial charge in [-0.2, -0.15) is 0 Å². The van der Waals surface area contributed by atoms with Gasteiger partial charge >= 0.3 is 0 Å². The second kappa shape index (κ2) is 6.51. The van der Waals surface area contributed by atoms with Gasteiger partial charge in [0.05, 0.1) is 19.8 Å². The predicted octanol–water partition coefficient (Wildman–Crippen LogP) is 2.43. The first-order valence-electron chi connectivity index (χ1n) is 5.67. The number of aryl methyl sites for hydroxylation is 1.